The van der Waals surface area contributed by atoms with Crippen molar-refractivity contribution in [1.29, 1.82) is 0 Å². The smallest absolute Gasteiger partial charge is 0.318 e. The third-order valence-corrected chi connectivity index (χ3v) is 3.93. The van der Waals surface area contributed by atoms with Gasteiger partial charge in [0.15, 0.2) is 0 Å². The maximum Gasteiger partial charge on any atom is 0.318 e. The minimum atomic E-state index is 0.120. The number of nitrogens with zero attached hydrogens (tertiary/aromatic N) is 3. The van der Waals surface area contributed by atoms with Crippen LogP contribution in [0.1, 0.15) is 44.4 Å². The third kappa shape index (κ3) is 3.25. The lowest BCUT2D eigenvalue weighted by molar-refractivity contribution is 0.292. The van der Waals surface area contributed by atoms with Crippen LogP contribution in [0.5, 0.6) is 0 Å². The standard InChI is InChI=1S/C13H22N4O2/c18-8-7-17(11-3-1-2-4-11)13-16-15-12(19-13)9-14-10-5-6-10/h10-11,14,18H,1-9H2. The molecular weight excluding hydrogens is 244 g/mol. The second-order valence-corrected chi connectivity index (χ2v) is 5.49. The van der Waals surface area contributed by atoms with E-state index in [4.69, 9.17) is 4.42 Å². The van der Waals surface area contributed by atoms with Crippen LogP contribution in [0.3, 0.4) is 0 Å². The molecule has 2 N–H and O–H groups in total. The van der Waals surface area contributed by atoms with Crippen LogP contribution in [0.4, 0.5) is 6.01 Å². The largest absolute Gasteiger partial charge is 0.407 e. The fourth-order valence-electron chi connectivity index (χ4n) is 2.71. The Kier molecular flexibility index (Phi) is 3.98. The Bertz CT molecular complexity index is 399. The van der Waals surface area contributed by atoms with Gasteiger partial charge in [0.1, 0.15) is 0 Å². The molecule has 0 unspecified atom stereocenters. The van der Waals surface area contributed by atoms with Gasteiger partial charge < -0.3 is 19.7 Å². The highest BCUT2D eigenvalue weighted by Crippen LogP contribution is 2.27. The molecule has 0 aliphatic heterocycles. The maximum absolute atomic E-state index is 9.21. The first-order chi connectivity index (χ1) is 9.36. The Morgan fingerprint density at radius 3 is 2.68 bits per heavy atom. The topological polar surface area (TPSA) is 74.4 Å². The third-order valence-electron chi connectivity index (χ3n) is 3.93. The second-order valence-electron chi connectivity index (χ2n) is 5.49. The predicted octanol–water partition coefficient (Wildman–Crippen LogP) is 1.06. The van der Waals surface area contributed by atoms with Crippen molar-refractivity contribution in [3.8, 4) is 0 Å². The van der Waals surface area contributed by atoms with Gasteiger partial charge in [-0.05, 0) is 25.7 Å². The zero-order chi connectivity index (χ0) is 13.1. The highest BCUT2D eigenvalue weighted by Gasteiger charge is 2.27. The molecule has 0 bridgehead atoms. The quantitative estimate of drug-likeness (QED) is 0.769. The summed E-state index contributed by atoms with van der Waals surface area (Å²) in [6, 6.07) is 1.64. The average molecular weight is 266 g/mol. The number of anilines is 1. The van der Waals surface area contributed by atoms with E-state index < -0.39 is 0 Å². The number of nitrogens with one attached hydrogen (secondary N) is 1. The maximum atomic E-state index is 9.21. The molecule has 2 aliphatic rings. The van der Waals surface area contributed by atoms with Gasteiger partial charge in [-0.1, -0.05) is 17.9 Å². The van der Waals surface area contributed by atoms with E-state index in [2.05, 4.69) is 20.4 Å². The Hall–Kier alpha value is -1.14. The van der Waals surface area contributed by atoms with E-state index in [9.17, 15) is 5.11 Å². The van der Waals surface area contributed by atoms with E-state index >= 15 is 0 Å². The molecule has 2 saturated carbocycles. The van der Waals surface area contributed by atoms with Crippen LogP contribution in [0.2, 0.25) is 0 Å². The summed E-state index contributed by atoms with van der Waals surface area (Å²) < 4.78 is 5.72. The van der Waals surface area contributed by atoms with Gasteiger partial charge in [0.05, 0.1) is 13.2 Å². The number of hydrogen-bond acceptors (Lipinski definition) is 6. The van der Waals surface area contributed by atoms with Crippen LogP contribution in [0.25, 0.3) is 0 Å². The van der Waals surface area contributed by atoms with Crippen LogP contribution >= 0.6 is 0 Å². The number of hydrogen-bond donors (Lipinski definition) is 2. The normalized spacial score (nSPS) is 20.1. The Morgan fingerprint density at radius 2 is 2.00 bits per heavy atom. The van der Waals surface area contributed by atoms with Crippen LogP contribution in [0, 0.1) is 0 Å². The van der Waals surface area contributed by atoms with Crippen molar-refractivity contribution in [2.24, 2.45) is 0 Å². The molecular formula is C13H22N4O2. The lowest BCUT2D eigenvalue weighted by Crippen LogP contribution is -2.35. The van der Waals surface area contributed by atoms with Crippen molar-refractivity contribution in [3.05, 3.63) is 5.89 Å². The molecule has 0 atom stereocenters. The summed E-state index contributed by atoms with van der Waals surface area (Å²) in [7, 11) is 0. The molecule has 19 heavy (non-hydrogen) atoms. The zero-order valence-electron chi connectivity index (χ0n) is 11.2. The summed E-state index contributed by atoms with van der Waals surface area (Å²) in [5.41, 5.74) is 0. The van der Waals surface area contributed by atoms with E-state index in [1.165, 1.54) is 25.7 Å². The van der Waals surface area contributed by atoms with Crippen LogP contribution in [-0.2, 0) is 6.54 Å². The average Bonchev–Trinajstić information content (AvgIpc) is 2.93. The van der Waals surface area contributed by atoms with Crippen LogP contribution < -0.4 is 10.2 Å². The molecule has 1 aromatic heterocycles. The van der Waals surface area contributed by atoms with Crippen molar-refractivity contribution in [2.75, 3.05) is 18.1 Å². The Morgan fingerprint density at radius 1 is 1.21 bits per heavy atom. The fourth-order valence-corrected chi connectivity index (χ4v) is 2.71. The predicted molar refractivity (Wildman–Crippen MR) is 70.8 cm³/mol. The van der Waals surface area contributed by atoms with E-state index in [0.717, 1.165) is 12.8 Å². The molecule has 6 nitrogen and oxygen atoms in total. The van der Waals surface area contributed by atoms with Crippen molar-refractivity contribution >= 4 is 6.01 Å². The zero-order valence-corrected chi connectivity index (χ0v) is 11.2. The molecule has 1 aromatic rings. The van der Waals surface area contributed by atoms with Gasteiger partial charge >= 0.3 is 6.01 Å². The molecule has 1 heterocycles. The highest BCUT2D eigenvalue weighted by atomic mass is 16.4. The summed E-state index contributed by atoms with van der Waals surface area (Å²) in [4.78, 5) is 2.07. The molecule has 0 spiro atoms. The molecule has 3 rings (SSSR count). The summed E-state index contributed by atoms with van der Waals surface area (Å²) in [5, 5.41) is 20.8. The molecule has 6 heteroatoms. The molecule has 0 amide bonds. The van der Waals surface area contributed by atoms with Gasteiger partial charge in [-0.3, -0.25) is 0 Å². The van der Waals surface area contributed by atoms with E-state index in [1.54, 1.807) is 0 Å². The first-order valence-electron chi connectivity index (χ1n) is 7.30. The Balaban J connectivity index is 1.63. The minimum Gasteiger partial charge on any atom is -0.407 e. The number of aliphatic hydroxyl groups is 1. The monoisotopic (exact) mass is 266 g/mol. The van der Waals surface area contributed by atoms with Gasteiger partial charge in [-0.2, -0.15) is 0 Å². The summed E-state index contributed by atoms with van der Waals surface area (Å²) in [5.74, 6) is 0.642. The van der Waals surface area contributed by atoms with Crippen molar-refractivity contribution in [3.63, 3.8) is 0 Å². The lowest BCUT2D eigenvalue weighted by atomic mass is 10.2. The highest BCUT2D eigenvalue weighted by molar-refractivity contribution is 5.27. The second kappa shape index (κ2) is 5.88. The van der Waals surface area contributed by atoms with Gasteiger partial charge in [0.2, 0.25) is 5.89 Å². The van der Waals surface area contributed by atoms with Gasteiger partial charge in [-0.15, -0.1) is 5.10 Å². The first-order valence-corrected chi connectivity index (χ1v) is 7.30. The van der Waals surface area contributed by atoms with E-state index in [-0.39, 0.29) is 6.61 Å². The molecule has 2 fully saturated rings. The number of rotatable bonds is 7. The molecule has 0 radical (unpaired) electrons. The van der Waals surface area contributed by atoms with Crippen molar-refractivity contribution in [2.45, 2.75) is 57.2 Å². The van der Waals surface area contributed by atoms with Crippen molar-refractivity contribution < 1.29 is 9.52 Å². The number of aromatic nitrogens is 2. The van der Waals surface area contributed by atoms with E-state index in [1.807, 2.05) is 0 Å². The van der Waals surface area contributed by atoms with E-state index in [0.29, 0.717) is 37.1 Å². The van der Waals surface area contributed by atoms with Crippen LogP contribution in [-0.4, -0.2) is 40.5 Å². The molecule has 0 aromatic carbocycles. The fraction of sp³-hybridized carbons (Fsp3) is 0.846. The molecule has 0 saturated heterocycles. The molecule has 2 aliphatic carbocycles. The first kappa shape index (κ1) is 12.9. The Labute approximate surface area is 113 Å². The lowest BCUT2D eigenvalue weighted by Gasteiger charge is -2.25. The summed E-state index contributed by atoms with van der Waals surface area (Å²) in [6.07, 6.45) is 7.29. The van der Waals surface area contributed by atoms with Gasteiger partial charge in [0.25, 0.3) is 0 Å². The van der Waals surface area contributed by atoms with Gasteiger partial charge in [-0.25, -0.2) is 0 Å². The van der Waals surface area contributed by atoms with Crippen molar-refractivity contribution in [1.82, 2.24) is 15.5 Å². The SMILES string of the molecule is OCCN(c1nnc(CNC2CC2)o1)C1CCCC1. The van der Waals surface area contributed by atoms with Crippen LogP contribution in [0.15, 0.2) is 4.42 Å². The minimum absolute atomic E-state index is 0.120. The molecule has 106 valence electrons. The number of aliphatic hydroxyl groups excluding tert-OH is 1. The summed E-state index contributed by atoms with van der Waals surface area (Å²) in [6.45, 7) is 1.34. The van der Waals surface area contributed by atoms with Gasteiger partial charge in [0, 0.05) is 18.6 Å². The summed E-state index contributed by atoms with van der Waals surface area (Å²) >= 11 is 0.